The largest absolute Gasteiger partial charge is 0.478 e. The van der Waals surface area contributed by atoms with Crippen molar-refractivity contribution in [2.24, 2.45) is 0 Å². The standard InChI is InChI=1S/C12H10ClNO2/c13-10-8-5-7(12(15)16)3-4-9(8)14-11(10)6-1-2-6/h3-6,14H,1-2H2,(H,15,16). The maximum absolute atomic E-state index is 10.9. The molecule has 1 aromatic heterocycles. The summed E-state index contributed by atoms with van der Waals surface area (Å²) in [6.07, 6.45) is 2.33. The highest BCUT2D eigenvalue weighted by Gasteiger charge is 2.28. The van der Waals surface area contributed by atoms with E-state index in [1.165, 1.54) is 12.8 Å². The van der Waals surface area contributed by atoms with Crippen molar-refractivity contribution in [1.82, 2.24) is 4.98 Å². The molecule has 16 heavy (non-hydrogen) atoms. The van der Waals surface area contributed by atoms with Crippen molar-refractivity contribution in [1.29, 1.82) is 0 Å². The quantitative estimate of drug-likeness (QED) is 0.838. The van der Waals surface area contributed by atoms with Gasteiger partial charge in [0.1, 0.15) is 0 Å². The van der Waals surface area contributed by atoms with Gasteiger partial charge in [-0.05, 0) is 31.0 Å². The van der Waals surface area contributed by atoms with Crippen LogP contribution in [0.5, 0.6) is 0 Å². The number of benzene rings is 1. The van der Waals surface area contributed by atoms with Gasteiger partial charge in [0.2, 0.25) is 0 Å². The molecule has 1 fully saturated rings. The zero-order valence-electron chi connectivity index (χ0n) is 8.46. The number of aromatic carboxylic acids is 1. The van der Waals surface area contributed by atoms with Crippen LogP contribution < -0.4 is 0 Å². The molecular weight excluding hydrogens is 226 g/mol. The Labute approximate surface area is 97.0 Å². The van der Waals surface area contributed by atoms with E-state index in [1.54, 1.807) is 18.2 Å². The Morgan fingerprint density at radius 3 is 2.81 bits per heavy atom. The van der Waals surface area contributed by atoms with Gasteiger partial charge in [-0.15, -0.1) is 0 Å². The number of carbonyl (C=O) groups is 1. The summed E-state index contributed by atoms with van der Waals surface area (Å²) in [5, 5.41) is 10.4. The van der Waals surface area contributed by atoms with E-state index in [2.05, 4.69) is 4.98 Å². The lowest BCUT2D eigenvalue weighted by Crippen LogP contribution is -1.94. The van der Waals surface area contributed by atoms with Crippen molar-refractivity contribution in [3.63, 3.8) is 0 Å². The summed E-state index contributed by atoms with van der Waals surface area (Å²) in [5.41, 5.74) is 2.24. The Balaban J connectivity index is 2.22. The first kappa shape index (κ1) is 9.73. The number of carboxylic acid groups (broad SMARTS) is 1. The Kier molecular flexibility index (Phi) is 1.98. The predicted molar refractivity (Wildman–Crippen MR) is 62.2 cm³/mol. The van der Waals surface area contributed by atoms with Crippen molar-refractivity contribution in [3.8, 4) is 0 Å². The van der Waals surface area contributed by atoms with E-state index in [4.69, 9.17) is 16.7 Å². The molecule has 0 saturated heterocycles. The van der Waals surface area contributed by atoms with Crippen molar-refractivity contribution < 1.29 is 9.90 Å². The maximum atomic E-state index is 10.9. The summed E-state index contributed by atoms with van der Waals surface area (Å²) >= 11 is 6.24. The Morgan fingerprint density at radius 1 is 1.44 bits per heavy atom. The number of aromatic amines is 1. The number of H-pyrrole nitrogens is 1. The van der Waals surface area contributed by atoms with Gasteiger partial charge in [-0.1, -0.05) is 11.6 Å². The molecule has 1 aromatic carbocycles. The predicted octanol–water partition coefficient (Wildman–Crippen LogP) is 3.40. The number of fused-ring (bicyclic) bond motifs is 1. The molecule has 0 spiro atoms. The summed E-state index contributed by atoms with van der Waals surface area (Å²) in [7, 11) is 0. The first-order chi connectivity index (χ1) is 7.66. The van der Waals surface area contributed by atoms with Gasteiger partial charge in [0.15, 0.2) is 0 Å². The third-order valence-electron chi connectivity index (χ3n) is 2.99. The molecule has 3 nitrogen and oxygen atoms in total. The van der Waals surface area contributed by atoms with Crippen LogP contribution in [0.1, 0.15) is 34.8 Å². The Bertz CT molecular complexity index is 584. The molecule has 3 rings (SSSR count). The van der Waals surface area contributed by atoms with E-state index in [-0.39, 0.29) is 5.56 Å². The molecule has 82 valence electrons. The van der Waals surface area contributed by atoms with Crippen LogP contribution in [0.2, 0.25) is 5.02 Å². The highest BCUT2D eigenvalue weighted by Crippen LogP contribution is 2.45. The zero-order valence-corrected chi connectivity index (χ0v) is 9.21. The van der Waals surface area contributed by atoms with E-state index in [0.717, 1.165) is 16.6 Å². The minimum absolute atomic E-state index is 0.274. The zero-order chi connectivity index (χ0) is 11.3. The van der Waals surface area contributed by atoms with Crippen LogP contribution in [0.15, 0.2) is 18.2 Å². The molecule has 1 saturated carbocycles. The monoisotopic (exact) mass is 235 g/mol. The summed E-state index contributed by atoms with van der Waals surface area (Å²) in [4.78, 5) is 14.1. The van der Waals surface area contributed by atoms with Gasteiger partial charge in [-0.2, -0.15) is 0 Å². The molecule has 0 amide bonds. The van der Waals surface area contributed by atoms with E-state index in [9.17, 15) is 4.79 Å². The molecule has 0 unspecified atom stereocenters. The van der Waals surface area contributed by atoms with Crippen molar-refractivity contribution in [2.75, 3.05) is 0 Å². The second-order valence-corrected chi connectivity index (χ2v) is 4.57. The highest BCUT2D eigenvalue weighted by molar-refractivity contribution is 6.36. The molecule has 0 bridgehead atoms. The van der Waals surface area contributed by atoms with Gasteiger partial charge in [0.25, 0.3) is 0 Å². The summed E-state index contributed by atoms with van der Waals surface area (Å²) < 4.78 is 0. The van der Waals surface area contributed by atoms with E-state index < -0.39 is 5.97 Å². The lowest BCUT2D eigenvalue weighted by Gasteiger charge is -1.94. The third-order valence-corrected chi connectivity index (χ3v) is 3.40. The lowest BCUT2D eigenvalue weighted by molar-refractivity contribution is 0.0697. The molecule has 1 heterocycles. The van der Waals surface area contributed by atoms with Gasteiger partial charge in [0, 0.05) is 22.5 Å². The number of hydrogen-bond donors (Lipinski definition) is 2. The summed E-state index contributed by atoms with van der Waals surface area (Å²) in [5.74, 6) is -0.389. The van der Waals surface area contributed by atoms with Gasteiger partial charge < -0.3 is 10.1 Å². The SMILES string of the molecule is O=C(O)c1ccc2[nH]c(C3CC3)c(Cl)c2c1. The van der Waals surface area contributed by atoms with Gasteiger partial charge in [0.05, 0.1) is 10.6 Å². The number of nitrogens with one attached hydrogen (secondary N) is 1. The number of halogens is 1. The average Bonchev–Trinajstić information content (AvgIpc) is 3.04. The van der Waals surface area contributed by atoms with Crippen LogP contribution >= 0.6 is 11.6 Å². The molecule has 2 aromatic rings. The number of aromatic nitrogens is 1. The number of hydrogen-bond acceptors (Lipinski definition) is 1. The molecule has 4 heteroatoms. The lowest BCUT2D eigenvalue weighted by atomic mass is 10.1. The molecule has 0 aliphatic heterocycles. The molecule has 0 radical (unpaired) electrons. The second-order valence-electron chi connectivity index (χ2n) is 4.19. The molecular formula is C12H10ClNO2. The van der Waals surface area contributed by atoms with Crippen LogP contribution in [-0.2, 0) is 0 Å². The van der Waals surface area contributed by atoms with Gasteiger partial charge in [-0.3, -0.25) is 0 Å². The van der Waals surface area contributed by atoms with Crippen molar-refractivity contribution in [3.05, 3.63) is 34.5 Å². The fourth-order valence-electron chi connectivity index (χ4n) is 1.97. The van der Waals surface area contributed by atoms with Crippen LogP contribution in [0.3, 0.4) is 0 Å². The Hall–Kier alpha value is -1.48. The summed E-state index contributed by atoms with van der Waals surface area (Å²) in [6, 6.07) is 4.99. The highest BCUT2D eigenvalue weighted by atomic mass is 35.5. The topological polar surface area (TPSA) is 53.1 Å². The Morgan fingerprint density at radius 2 is 2.19 bits per heavy atom. The molecule has 1 aliphatic rings. The fraction of sp³-hybridized carbons (Fsp3) is 0.250. The minimum Gasteiger partial charge on any atom is -0.478 e. The smallest absolute Gasteiger partial charge is 0.335 e. The van der Waals surface area contributed by atoms with Crippen molar-refractivity contribution >= 4 is 28.5 Å². The molecule has 0 atom stereocenters. The first-order valence-corrected chi connectivity index (χ1v) is 5.59. The van der Waals surface area contributed by atoms with Crippen LogP contribution in [0.25, 0.3) is 10.9 Å². The normalized spacial score (nSPS) is 15.6. The molecule has 2 N–H and O–H groups in total. The number of carboxylic acids is 1. The third kappa shape index (κ3) is 1.39. The van der Waals surface area contributed by atoms with E-state index in [0.29, 0.717) is 10.9 Å². The van der Waals surface area contributed by atoms with E-state index in [1.807, 2.05) is 0 Å². The van der Waals surface area contributed by atoms with Gasteiger partial charge in [-0.25, -0.2) is 4.79 Å². The van der Waals surface area contributed by atoms with Crippen molar-refractivity contribution in [2.45, 2.75) is 18.8 Å². The second kappa shape index (κ2) is 3.25. The average molecular weight is 236 g/mol. The molecule has 1 aliphatic carbocycles. The van der Waals surface area contributed by atoms with Crippen LogP contribution in [0.4, 0.5) is 0 Å². The first-order valence-electron chi connectivity index (χ1n) is 5.21. The van der Waals surface area contributed by atoms with E-state index >= 15 is 0 Å². The maximum Gasteiger partial charge on any atom is 0.335 e. The van der Waals surface area contributed by atoms with Crippen LogP contribution in [0, 0.1) is 0 Å². The minimum atomic E-state index is -0.924. The van der Waals surface area contributed by atoms with Crippen LogP contribution in [-0.4, -0.2) is 16.1 Å². The number of rotatable bonds is 2. The fourth-order valence-corrected chi connectivity index (χ4v) is 2.32. The van der Waals surface area contributed by atoms with Gasteiger partial charge >= 0.3 is 5.97 Å². The summed E-state index contributed by atoms with van der Waals surface area (Å²) in [6.45, 7) is 0.